The number of carbonyl (C=O) groups excluding carboxylic acids is 3. The third-order valence-corrected chi connectivity index (χ3v) is 7.45. The molecule has 0 aromatic rings. The molecule has 0 spiro atoms. The van der Waals surface area contributed by atoms with Crippen LogP contribution < -0.4 is 21.3 Å². The van der Waals surface area contributed by atoms with Gasteiger partial charge in [0.25, 0.3) is 0 Å². The summed E-state index contributed by atoms with van der Waals surface area (Å²) in [4.78, 5) is 50.1. The molecule has 0 heterocycles. The molecule has 0 saturated carbocycles. The normalized spacial score (nSPS) is 18.4. The molecule has 40 heavy (non-hydrogen) atoms. The molecule has 234 valence electrons. The summed E-state index contributed by atoms with van der Waals surface area (Å²) in [6.07, 6.45) is -5.77. The Morgan fingerprint density at radius 1 is 0.900 bits per heavy atom. The molecule has 15 heteroatoms. The number of ketones is 1. The number of Topliss-reactive ketones (excluding diaryl/α,β-unsaturated/α-hetero) is 1. The number of carboxylic acid groups (broad SMARTS) is 1. The van der Waals surface area contributed by atoms with Gasteiger partial charge in [-0.1, -0.05) is 20.8 Å². The summed E-state index contributed by atoms with van der Waals surface area (Å²) in [5.74, 6) is -2.74. The molecule has 10 N–H and O–H groups in total. The average Bonchev–Trinajstić information content (AvgIpc) is 2.92. The molecule has 0 aromatic carbocycles. The van der Waals surface area contributed by atoms with Gasteiger partial charge in [0.2, 0.25) is 11.8 Å². The van der Waals surface area contributed by atoms with Crippen molar-refractivity contribution in [2.45, 2.75) is 83.1 Å². The van der Waals surface area contributed by atoms with Gasteiger partial charge in [-0.15, -0.1) is 0 Å². The lowest BCUT2D eigenvalue weighted by molar-refractivity contribution is -0.141. The number of rotatable bonds is 22. The van der Waals surface area contributed by atoms with Gasteiger partial charge in [-0.2, -0.15) is 11.8 Å². The van der Waals surface area contributed by atoms with E-state index in [4.69, 9.17) is 5.11 Å². The topological polar surface area (TPSA) is 238 Å². The number of thioether (sulfide) groups is 1. The molecule has 0 rings (SSSR count). The van der Waals surface area contributed by atoms with Crippen LogP contribution >= 0.6 is 11.8 Å². The van der Waals surface area contributed by atoms with Crippen LogP contribution in [-0.2, 0) is 19.2 Å². The van der Waals surface area contributed by atoms with E-state index in [1.54, 1.807) is 18.7 Å². The van der Waals surface area contributed by atoms with E-state index in [1.165, 1.54) is 6.92 Å². The number of aliphatic hydroxyl groups is 5. The minimum Gasteiger partial charge on any atom is -0.481 e. The second-order valence-corrected chi connectivity index (χ2v) is 10.9. The Hall–Kier alpha value is -1.85. The highest BCUT2D eigenvalue weighted by Crippen LogP contribution is 2.10. The van der Waals surface area contributed by atoms with Crippen molar-refractivity contribution in [3.63, 3.8) is 0 Å². The summed E-state index contributed by atoms with van der Waals surface area (Å²) in [6.45, 7) is 5.91. The first kappa shape index (κ1) is 38.1. The third-order valence-electron chi connectivity index (χ3n) is 6.59. The van der Waals surface area contributed by atoms with Gasteiger partial charge in [-0.3, -0.25) is 19.2 Å². The predicted octanol–water partition coefficient (Wildman–Crippen LogP) is -2.95. The number of carboxylic acids is 1. The molecule has 2 unspecified atom stereocenters. The zero-order valence-corrected chi connectivity index (χ0v) is 24.7. The fourth-order valence-electron chi connectivity index (χ4n) is 3.65. The summed E-state index contributed by atoms with van der Waals surface area (Å²) in [6, 6.07) is -2.25. The molecular formula is C25H48N4O10S. The molecule has 14 nitrogen and oxygen atoms in total. The van der Waals surface area contributed by atoms with Crippen LogP contribution in [-0.4, -0.2) is 135 Å². The van der Waals surface area contributed by atoms with Gasteiger partial charge < -0.3 is 51.9 Å². The summed E-state index contributed by atoms with van der Waals surface area (Å²) in [7, 11) is 0. The van der Waals surface area contributed by atoms with Crippen molar-refractivity contribution >= 4 is 35.3 Å². The summed E-state index contributed by atoms with van der Waals surface area (Å²) in [5, 5.41) is 68.1. The lowest BCUT2D eigenvalue weighted by Crippen LogP contribution is -2.54. The summed E-state index contributed by atoms with van der Waals surface area (Å²) in [5.41, 5.74) is 0. The lowest BCUT2D eigenvalue weighted by Gasteiger charge is -2.26. The second kappa shape index (κ2) is 20.1. The van der Waals surface area contributed by atoms with Gasteiger partial charge in [-0.05, 0) is 37.8 Å². The highest BCUT2D eigenvalue weighted by molar-refractivity contribution is 7.98. The Morgan fingerprint density at radius 3 is 2.02 bits per heavy atom. The summed E-state index contributed by atoms with van der Waals surface area (Å²) >= 11 is 1.66. The standard InChI is InChI=1S/C25H48N4O10S/c1-6-26-17(7-13(2)25(38)39)24(37)29-16(18(31)9-27-15(4)14(3)12-40-5)8-21(34)28-10-19(32)22(35)23(36)20(33)11-30/h13-17,19-20,22-23,26-27,30,32-33,35-36H,6-12H2,1-5H3,(H,28,34)(H,29,37)(H,38,39)/t13?,14?,15-,16+,17+,19+,20-,22-,23-/m1/s1. The Labute approximate surface area is 239 Å². The quantitative estimate of drug-likeness (QED) is 0.0602. The van der Waals surface area contributed by atoms with Crippen LogP contribution in [0.15, 0.2) is 0 Å². The number of aliphatic hydroxyl groups excluding tert-OH is 5. The number of nitrogens with one attached hydrogen (secondary N) is 4. The first-order valence-electron chi connectivity index (χ1n) is 13.3. The van der Waals surface area contributed by atoms with Crippen LogP contribution in [0.25, 0.3) is 0 Å². The number of carbonyl (C=O) groups is 4. The Kier molecular flexibility index (Phi) is 19.2. The van der Waals surface area contributed by atoms with E-state index in [1.807, 2.05) is 20.1 Å². The van der Waals surface area contributed by atoms with Crippen LogP contribution in [0, 0.1) is 11.8 Å². The predicted molar refractivity (Wildman–Crippen MR) is 150 cm³/mol. The molecule has 0 aromatic heterocycles. The fourth-order valence-corrected chi connectivity index (χ4v) is 4.47. The van der Waals surface area contributed by atoms with E-state index in [0.717, 1.165) is 5.75 Å². The zero-order chi connectivity index (χ0) is 31.0. The molecule has 0 radical (unpaired) electrons. The lowest BCUT2D eigenvalue weighted by atomic mass is 9.99. The van der Waals surface area contributed by atoms with Gasteiger partial charge >= 0.3 is 5.97 Å². The van der Waals surface area contributed by atoms with Crippen molar-refractivity contribution in [2.24, 2.45) is 11.8 Å². The monoisotopic (exact) mass is 596 g/mol. The van der Waals surface area contributed by atoms with Crippen LogP contribution in [0.4, 0.5) is 0 Å². The molecule has 0 aliphatic rings. The molecule has 0 fully saturated rings. The number of aliphatic carboxylic acids is 1. The van der Waals surface area contributed by atoms with E-state index < -0.39 is 85.6 Å². The highest BCUT2D eigenvalue weighted by atomic mass is 32.2. The van der Waals surface area contributed by atoms with E-state index in [0.29, 0.717) is 6.54 Å². The Balaban J connectivity index is 5.51. The van der Waals surface area contributed by atoms with Crippen LogP contribution in [0.3, 0.4) is 0 Å². The number of amides is 2. The van der Waals surface area contributed by atoms with E-state index in [-0.39, 0.29) is 24.9 Å². The SMILES string of the molecule is CCN[C@@H](CC(C)C(=O)O)C(=O)N[C@@H](CC(=O)NC[C@H](O)[C@@H](O)[C@H](O)[C@H](O)CO)C(=O)CN[C@H](C)C(C)CSC. The van der Waals surface area contributed by atoms with Crippen LogP contribution in [0.1, 0.15) is 40.5 Å². The maximum Gasteiger partial charge on any atom is 0.306 e. The van der Waals surface area contributed by atoms with Gasteiger partial charge in [0.05, 0.1) is 43.7 Å². The van der Waals surface area contributed by atoms with Gasteiger partial charge in [0.15, 0.2) is 5.78 Å². The minimum atomic E-state index is -1.88. The van der Waals surface area contributed by atoms with Crippen molar-refractivity contribution in [2.75, 3.05) is 38.2 Å². The Morgan fingerprint density at radius 2 is 1.50 bits per heavy atom. The van der Waals surface area contributed by atoms with Crippen molar-refractivity contribution in [1.82, 2.24) is 21.3 Å². The fraction of sp³-hybridized carbons (Fsp3) is 0.840. The van der Waals surface area contributed by atoms with Crippen molar-refractivity contribution in [3.05, 3.63) is 0 Å². The summed E-state index contributed by atoms with van der Waals surface area (Å²) < 4.78 is 0. The molecule has 0 bridgehead atoms. The van der Waals surface area contributed by atoms with Crippen LogP contribution in [0.2, 0.25) is 0 Å². The first-order chi connectivity index (χ1) is 18.7. The minimum absolute atomic E-state index is 0.0372. The number of hydrogen-bond donors (Lipinski definition) is 10. The third kappa shape index (κ3) is 14.2. The van der Waals surface area contributed by atoms with Gasteiger partial charge in [0.1, 0.15) is 18.3 Å². The van der Waals surface area contributed by atoms with E-state index in [9.17, 15) is 44.7 Å². The Bertz CT molecular complexity index is 793. The maximum atomic E-state index is 13.1. The van der Waals surface area contributed by atoms with Crippen LogP contribution in [0.5, 0.6) is 0 Å². The molecule has 2 amide bonds. The zero-order valence-electron chi connectivity index (χ0n) is 23.9. The second-order valence-electron chi connectivity index (χ2n) is 10.0. The number of hydrogen-bond acceptors (Lipinski definition) is 12. The number of likely N-dealkylation sites (N-methyl/N-ethyl adjacent to an activating group) is 1. The van der Waals surface area contributed by atoms with Gasteiger partial charge in [-0.25, -0.2) is 0 Å². The molecule has 0 aliphatic carbocycles. The largest absolute Gasteiger partial charge is 0.481 e. The van der Waals surface area contributed by atoms with Crippen molar-refractivity contribution < 1.29 is 49.8 Å². The maximum absolute atomic E-state index is 13.1. The van der Waals surface area contributed by atoms with E-state index in [2.05, 4.69) is 21.3 Å². The van der Waals surface area contributed by atoms with Crippen molar-refractivity contribution in [3.8, 4) is 0 Å². The molecule has 0 saturated heterocycles. The highest BCUT2D eigenvalue weighted by Gasteiger charge is 2.32. The smallest absolute Gasteiger partial charge is 0.306 e. The van der Waals surface area contributed by atoms with Crippen molar-refractivity contribution in [1.29, 1.82) is 0 Å². The first-order valence-corrected chi connectivity index (χ1v) is 14.7. The van der Waals surface area contributed by atoms with E-state index >= 15 is 0 Å². The average molecular weight is 597 g/mol. The molecule has 0 aliphatic heterocycles. The van der Waals surface area contributed by atoms with Gasteiger partial charge in [0, 0.05) is 12.6 Å². The molecule has 9 atom stereocenters. The molecular weight excluding hydrogens is 548 g/mol.